The second-order valence-corrected chi connectivity index (χ2v) is 5.98. The molecule has 0 bridgehead atoms. The lowest BCUT2D eigenvalue weighted by molar-refractivity contribution is -0.0754. The van der Waals surface area contributed by atoms with E-state index in [4.69, 9.17) is 16.3 Å². The Bertz CT molecular complexity index is 385. The van der Waals surface area contributed by atoms with Crippen LogP contribution in [0.3, 0.4) is 0 Å². The highest BCUT2D eigenvalue weighted by atomic mass is 35.5. The fourth-order valence-corrected chi connectivity index (χ4v) is 2.41. The Morgan fingerprint density at radius 1 is 1.50 bits per heavy atom. The second-order valence-electron chi connectivity index (χ2n) is 5.57. The lowest BCUT2D eigenvalue weighted by Crippen LogP contribution is -2.35. The van der Waals surface area contributed by atoms with Crippen LogP contribution in [0.5, 0.6) is 0 Å². The summed E-state index contributed by atoms with van der Waals surface area (Å²) in [5.41, 5.74) is 0.457. The van der Waals surface area contributed by atoms with Crippen LogP contribution < -0.4 is 0 Å². The SMILES string of the molecule is CCCn1ncc(Cl)c1C(O)C(OC)C(C)(C)C. The van der Waals surface area contributed by atoms with E-state index in [-0.39, 0.29) is 11.5 Å². The van der Waals surface area contributed by atoms with Gasteiger partial charge >= 0.3 is 0 Å². The average molecular weight is 275 g/mol. The first-order chi connectivity index (χ1) is 8.32. The molecule has 0 aliphatic carbocycles. The van der Waals surface area contributed by atoms with E-state index in [0.717, 1.165) is 13.0 Å². The van der Waals surface area contributed by atoms with Gasteiger partial charge in [-0.25, -0.2) is 0 Å². The molecular formula is C13H23ClN2O2. The van der Waals surface area contributed by atoms with E-state index < -0.39 is 6.10 Å². The molecule has 0 spiro atoms. The minimum absolute atomic E-state index is 0.182. The number of aromatic nitrogens is 2. The molecule has 2 unspecified atom stereocenters. The highest BCUT2D eigenvalue weighted by Gasteiger charge is 2.35. The van der Waals surface area contributed by atoms with Crippen molar-refractivity contribution in [1.82, 2.24) is 9.78 Å². The van der Waals surface area contributed by atoms with Crippen LogP contribution in [0.1, 0.15) is 45.9 Å². The number of methoxy groups -OCH3 is 1. The molecule has 0 amide bonds. The summed E-state index contributed by atoms with van der Waals surface area (Å²) in [6.45, 7) is 8.87. The maximum atomic E-state index is 10.5. The molecule has 0 aliphatic heterocycles. The molecule has 2 atom stereocenters. The monoisotopic (exact) mass is 274 g/mol. The quantitative estimate of drug-likeness (QED) is 0.898. The standard InChI is InChI=1S/C13H23ClN2O2/c1-6-7-16-10(9(14)8-15-16)11(17)12(18-5)13(2,3)4/h8,11-12,17H,6-7H2,1-5H3. The molecule has 1 heterocycles. The molecule has 4 nitrogen and oxygen atoms in total. The molecule has 0 saturated heterocycles. The zero-order valence-corrected chi connectivity index (χ0v) is 12.5. The fraction of sp³-hybridized carbons (Fsp3) is 0.769. The van der Waals surface area contributed by atoms with Crippen LogP contribution in [-0.2, 0) is 11.3 Å². The molecule has 1 aromatic rings. The van der Waals surface area contributed by atoms with Gasteiger partial charge in [0, 0.05) is 13.7 Å². The number of hydrogen-bond acceptors (Lipinski definition) is 3. The van der Waals surface area contributed by atoms with Crippen molar-refractivity contribution >= 4 is 11.6 Å². The molecule has 18 heavy (non-hydrogen) atoms. The Balaban J connectivity index is 3.08. The Labute approximate surface area is 114 Å². The number of aliphatic hydroxyl groups excluding tert-OH is 1. The summed E-state index contributed by atoms with van der Waals surface area (Å²) in [7, 11) is 1.60. The van der Waals surface area contributed by atoms with Gasteiger partial charge in [-0.3, -0.25) is 4.68 Å². The van der Waals surface area contributed by atoms with Crippen molar-refractivity contribution in [3.63, 3.8) is 0 Å². The molecule has 1 aromatic heterocycles. The van der Waals surface area contributed by atoms with Crippen molar-refractivity contribution < 1.29 is 9.84 Å². The van der Waals surface area contributed by atoms with E-state index in [1.165, 1.54) is 0 Å². The summed E-state index contributed by atoms with van der Waals surface area (Å²) in [6, 6.07) is 0. The van der Waals surface area contributed by atoms with Gasteiger partial charge in [-0.05, 0) is 11.8 Å². The first-order valence-corrected chi connectivity index (χ1v) is 6.62. The summed E-state index contributed by atoms with van der Waals surface area (Å²) in [6.07, 6.45) is 1.40. The zero-order valence-electron chi connectivity index (χ0n) is 11.8. The van der Waals surface area contributed by atoms with Crippen molar-refractivity contribution in [2.45, 2.75) is 52.9 Å². The first-order valence-electron chi connectivity index (χ1n) is 6.25. The van der Waals surface area contributed by atoms with Crippen LogP contribution >= 0.6 is 11.6 Å². The summed E-state index contributed by atoms with van der Waals surface area (Å²) in [5.74, 6) is 0. The third kappa shape index (κ3) is 3.25. The molecule has 0 fully saturated rings. The van der Waals surface area contributed by atoms with Gasteiger partial charge in [0.05, 0.1) is 23.0 Å². The maximum absolute atomic E-state index is 10.5. The molecule has 0 aliphatic rings. The molecule has 0 aromatic carbocycles. The van der Waals surface area contributed by atoms with Gasteiger partial charge in [-0.15, -0.1) is 0 Å². The van der Waals surface area contributed by atoms with Crippen LogP contribution in [0, 0.1) is 5.41 Å². The summed E-state index contributed by atoms with van der Waals surface area (Å²) >= 11 is 6.13. The minimum Gasteiger partial charge on any atom is -0.384 e. The van der Waals surface area contributed by atoms with Gasteiger partial charge in [0.2, 0.25) is 0 Å². The van der Waals surface area contributed by atoms with E-state index in [1.54, 1.807) is 18.0 Å². The Hall–Kier alpha value is -0.580. The lowest BCUT2D eigenvalue weighted by atomic mass is 9.84. The van der Waals surface area contributed by atoms with Crippen molar-refractivity contribution in [3.8, 4) is 0 Å². The van der Waals surface area contributed by atoms with Gasteiger partial charge in [-0.2, -0.15) is 5.10 Å². The Morgan fingerprint density at radius 3 is 2.56 bits per heavy atom. The number of nitrogens with zero attached hydrogens (tertiary/aromatic N) is 2. The molecule has 104 valence electrons. The van der Waals surface area contributed by atoms with Crippen molar-refractivity contribution in [1.29, 1.82) is 0 Å². The Kier molecular flexibility index (Phi) is 5.20. The lowest BCUT2D eigenvalue weighted by Gasteiger charge is -2.33. The smallest absolute Gasteiger partial charge is 0.124 e. The third-order valence-corrected chi connectivity index (χ3v) is 3.23. The van der Waals surface area contributed by atoms with E-state index in [2.05, 4.69) is 12.0 Å². The highest BCUT2D eigenvalue weighted by molar-refractivity contribution is 6.31. The van der Waals surface area contributed by atoms with Gasteiger partial charge in [-0.1, -0.05) is 39.3 Å². The van der Waals surface area contributed by atoms with Crippen LogP contribution in [0.25, 0.3) is 0 Å². The van der Waals surface area contributed by atoms with E-state index in [0.29, 0.717) is 10.7 Å². The number of aryl methyl sites for hydroxylation is 1. The summed E-state index contributed by atoms with van der Waals surface area (Å²) in [4.78, 5) is 0. The molecule has 0 radical (unpaired) electrons. The van der Waals surface area contributed by atoms with Crippen LogP contribution in [-0.4, -0.2) is 28.1 Å². The van der Waals surface area contributed by atoms with Gasteiger partial charge in [0.1, 0.15) is 6.10 Å². The second kappa shape index (κ2) is 6.04. The van der Waals surface area contributed by atoms with Crippen LogP contribution in [0.4, 0.5) is 0 Å². The highest BCUT2D eigenvalue weighted by Crippen LogP contribution is 2.35. The topological polar surface area (TPSA) is 47.3 Å². The molecule has 5 heteroatoms. The average Bonchev–Trinajstić information content (AvgIpc) is 2.59. The largest absolute Gasteiger partial charge is 0.384 e. The van der Waals surface area contributed by atoms with Gasteiger partial charge in [0.15, 0.2) is 0 Å². The number of aliphatic hydroxyl groups is 1. The van der Waals surface area contributed by atoms with E-state index in [1.807, 2.05) is 20.8 Å². The van der Waals surface area contributed by atoms with Crippen molar-refractivity contribution in [2.24, 2.45) is 5.41 Å². The number of halogens is 1. The Morgan fingerprint density at radius 2 is 2.11 bits per heavy atom. The minimum atomic E-state index is -0.781. The fourth-order valence-electron chi connectivity index (χ4n) is 2.16. The van der Waals surface area contributed by atoms with Crippen LogP contribution in [0.2, 0.25) is 5.02 Å². The number of ether oxygens (including phenoxy) is 1. The van der Waals surface area contributed by atoms with E-state index >= 15 is 0 Å². The molecule has 0 saturated carbocycles. The first kappa shape index (κ1) is 15.5. The predicted octanol–water partition coefficient (Wildman–Crippen LogP) is 3.04. The van der Waals surface area contributed by atoms with Gasteiger partial charge < -0.3 is 9.84 Å². The maximum Gasteiger partial charge on any atom is 0.124 e. The van der Waals surface area contributed by atoms with Crippen molar-refractivity contribution in [3.05, 3.63) is 16.9 Å². The number of rotatable bonds is 5. The summed E-state index contributed by atoms with van der Waals surface area (Å²) in [5, 5.41) is 15.2. The normalized spacial score (nSPS) is 15.7. The van der Waals surface area contributed by atoms with Crippen molar-refractivity contribution in [2.75, 3.05) is 7.11 Å². The van der Waals surface area contributed by atoms with Gasteiger partial charge in [0.25, 0.3) is 0 Å². The van der Waals surface area contributed by atoms with E-state index in [9.17, 15) is 5.11 Å². The summed E-state index contributed by atoms with van der Waals surface area (Å²) < 4.78 is 7.19. The third-order valence-electron chi connectivity index (χ3n) is 2.94. The number of hydrogen-bond donors (Lipinski definition) is 1. The molecule has 1 rings (SSSR count). The molecule has 1 N–H and O–H groups in total. The zero-order chi connectivity index (χ0) is 13.9. The van der Waals surface area contributed by atoms with Crippen LogP contribution in [0.15, 0.2) is 6.20 Å². The molecular weight excluding hydrogens is 252 g/mol. The predicted molar refractivity (Wildman–Crippen MR) is 72.7 cm³/mol.